The number of thiophene rings is 1. The molecular weight excluding hydrogens is 625 g/mol. The standard InChI is InChI=1S/C33H54N6O5S2/c1-37(25-9-4-3-5-10-25)29(12-6-7-18-35-46(2,43)44)31(41)39-19-13-28(27(24-39)30(40)34-23-26-11-8-22-45-26)36-32(42)38-20-16-33(14-15-33)17-21-38/h8,11,22,25,27-29,35H,3-7,9-10,12-21,23-24H2,1-2H3,(H,34,40)(H,36,42)/t27-,28+,29+/m0/s1. The van der Waals surface area contributed by atoms with Gasteiger partial charge >= 0.3 is 6.03 Å². The van der Waals surface area contributed by atoms with Crippen LogP contribution in [0, 0.1) is 11.3 Å². The molecule has 13 heteroatoms. The first kappa shape index (κ1) is 35.1. The van der Waals surface area contributed by atoms with E-state index < -0.39 is 15.9 Å². The number of hydrogen-bond donors (Lipinski definition) is 3. The Hall–Kier alpha value is -2.22. The molecule has 1 aromatic rings. The molecule has 2 saturated carbocycles. The van der Waals surface area contributed by atoms with Crippen molar-refractivity contribution in [3.63, 3.8) is 0 Å². The van der Waals surface area contributed by atoms with Crippen molar-refractivity contribution in [2.45, 2.75) is 108 Å². The number of nitrogens with zero attached hydrogens (tertiary/aromatic N) is 3. The molecule has 1 aromatic heterocycles. The first-order chi connectivity index (χ1) is 22.0. The molecule has 5 rings (SSSR count). The van der Waals surface area contributed by atoms with Crippen molar-refractivity contribution in [3.05, 3.63) is 22.4 Å². The van der Waals surface area contributed by atoms with Gasteiger partial charge in [0.25, 0.3) is 0 Å². The monoisotopic (exact) mass is 678 g/mol. The van der Waals surface area contributed by atoms with E-state index in [1.807, 2.05) is 27.3 Å². The number of likely N-dealkylation sites (N-methyl/N-ethyl adjacent to an activating group) is 1. The number of unbranched alkanes of at least 4 members (excludes halogenated alkanes) is 1. The molecule has 4 amide bonds. The number of rotatable bonds is 13. The fourth-order valence-electron chi connectivity index (χ4n) is 7.60. The number of nitrogens with one attached hydrogen (secondary N) is 3. The molecule has 0 bridgehead atoms. The highest BCUT2D eigenvalue weighted by Crippen LogP contribution is 2.53. The lowest BCUT2D eigenvalue weighted by atomic mass is 9.89. The van der Waals surface area contributed by atoms with Crippen LogP contribution in [0.15, 0.2) is 17.5 Å². The van der Waals surface area contributed by atoms with Crippen molar-refractivity contribution in [1.82, 2.24) is 30.1 Å². The summed E-state index contributed by atoms with van der Waals surface area (Å²) in [5.41, 5.74) is 0.470. The first-order valence-electron chi connectivity index (χ1n) is 17.3. The zero-order valence-corrected chi connectivity index (χ0v) is 29.3. The van der Waals surface area contributed by atoms with Crippen LogP contribution in [-0.2, 0) is 26.2 Å². The van der Waals surface area contributed by atoms with Crippen LogP contribution in [0.5, 0.6) is 0 Å². The van der Waals surface area contributed by atoms with Gasteiger partial charge in [0.15, 0.2) is 0 Å². The molecular formula is C33H54N6O5S2. The number of likely N-dealkylation sites (tertiary alicyclic amines) is 2. The maximum absolute atomic E-state index is 14.3. The zero-order valence-electron chi connectivity index (χ0n) is 27.7. The molecule has 46 heavy (non-hydrogen) atoms. The molecule has 0 radical (unpaired) electrons. The van der Waals surface area contributed by atoms with E-state index in [9.17, 15) is 22.8 Å². The van der Waals surface area contributed by atoms with E-state index >= 15 is 0 Å². The van der Waals surface area contributed by atoms with Gasteiger partial charge in [0, 0.05) is 49.7 Å². The molecule has 0 unspecified atom stereocenters. The van der Waals surface area contributed by atoms with Crippen LogP contribution >= 0.6 is 11.3 Å². The Morgan fingerprint density at radius 2 is 1.76 bits per heavy atom. The summed E-state index contributed by atoms with van der Waals surface area (Å²) in [6, 6.07) is 3.48. The van der Waals surface area contributed by atoms with Gasteiger partial charge in [-0.1, -0.05) is 31.7 Å². The van der Waals surface area contributed by atoms with Gasteiger partial charge in [0.2, 0.25) is 21.8 Å². The van der Waals surface area contributed by atoms with Crippen LogP contribution in [0.3, 0.4) is 0 Å². The SMILES string of the molecule is CN(C1CCCCC1)[C@H](CCCCNS(C)(=O)=O)C(=O)N1CC[C@@H](NC(=O)N2CCC3(CC2)CC3)[C@@H](C(=O)NCc2cccs2)C1. The first-order valence-corrected chi connectivity index (χ1v) is 20.1. The number of carbonyl (C=O) groups excluding carboxylic acids is 3. The van der Waals surface area contributed by atoms with Crippen molar-refractivity contribution in [3.8, 4) is 0 Å². The highest BCUT2D eigenvalue weighted by atomic mass is 32.2. The van der Waals surface area contributed by atoms with E-state index in [4.69, 9.17) is 0 Å². The average molecular weight is 679 g/mol. The van der Waals surface area contributed by atoms with Gasteiger partial charge in [-0.05, 0) is 81.7 Å². The molecule has 0 aromatic carbocycles. The van der Waals surface area contributed by atoms with Crippen LogP contribution < -0.4 is 15.4 Å². The van der Waals surface area contributed by atoms with Gasteiger partial charge in [-0.15, -0.1) is 11.3 Å². The van der Waals surface area contributed by atoms with Crippen molar-refractivity contribution in [2.24, 2.45) is 11.3 Å². The predicted octanol–water partition coefficient (Wildman–Crippen LogP) is 3.52. The van der Waals surface area contributed by atoms with Crippen molar-refractivity contribution < 1.29 is 22.8 Å². The summed E-state index contributed by atoms with van der Waals surface area (Å²) in [6.45, 7) is 3.02. The average Bonchev–Trinajstić information content (AvgIpc) is 3.58. The minimum Gasteiger partial charge on any atom is -0.351 e. The third-order valence-electron chi connectivity index (χ3n) is 10.9. The third-order valence-corrected chi connectivity index (χ3v) is 12.5. The van der Waals surface area contributed by atoms with E-state index in [0.29, 0.717) is 56.8 Å². The Bertz CT molecular complexity index is 1270. The van der Waals surface area contributed by atoms with Crippen molar-refractivity contribution >= 4 is 39.2 Å². The van der Waals surface area contributed by atoms with Crippen molar-refractivity contribution in [2.75, 3.05) is 46.0 Å². The highest BCUT2D eigenvalue weighted by molar-refractivity contribution is 7.88. The Kier molecular flexibility index (Phi) is 12.0. The van der Waals surface area contributed by atoms with E-state index in [0.717, 1.165) is 62.7 Å². The molecule has 4 aliphatic rings. The normalized spacial score (nSPS) is 24.2. The third kappa shape index (κ3) is 9.67. The van der Waals surface area contributed by atoms with Crippen LogP contribution in [0.25, 0.3) is 0 Å². The number of sulfonamides is 1. The maximum Gasteiger partial charge on any atom is 0.317 e. The Labute approximate surface area is 279 Å². The summed E-state index contributed by atoms with van der Waals surface area (Å²) >= 11 is 1.59. The molecule has 4 fully saturated rings. The smallest absolute Gasteiger partial charge is 0.317 e. The number of hydrogen-bond acceptors (Lipinski definition) is 7. The number of carbonyl (C=O) groups is 3. The molecule has 1 spiro atoms. The molecule has 258 valence electrons. The largest absolute Gasteiger partial charge is 0.351 e. The zero-order chi connectivity index (χ0) is 32.7. The topological polar surface area (TPSA) is 131 Å². The van der Waals surface area contributed by atoms with Crippen LogP contribution in [-0.4, -0.2) is 105 Å². The highest BCUT2D eigenvalue weighted by Gasteiger charge is 2.46. The van der Waals surface area contributed by atoms with Crippen LogP contribution in [0.1, 0.15) is 88.3 Å². The van der Waals surface area contributed by atoms with Gasteiger partial charge < -0.3 is 20.4 Å². The predicted molar refractivity (Wildman–Crippen MR) is 181 cm³/mol. The minimum absolute atomic E-state index is 0.0238. The summed E-state index contributed by atoms with van der Waals surface area (Å²) in [5, 5.41) is 8.27. The second-order valence-electron chi connectivity index (χ2n) is 14.2. The number of piperidine rings is 2. The van der Waals surface area contributed by atoms with Crippen LogP contribution in [0.4, 0.5) is 4.79 Å². The fourth-order valence-corrected chi connectivity index (χ4v) is 8.75. The van der Waals surface area contributed by atoms with E-state index in [1.54, 1.807) is 11.3 Å². The maximum atomic E-state index is 14.3. The molecule has 2 saturated heterocycles. The summed E-state index contributed by atoms with van der Waals surface area (Å²) in [6.07, 6.45) is 14.0. The van der Waals surface area contributed by atoms with Crippen LogP contribution in [0.2, 0.25) is 0 Å². The second kappa shape index (κ2) is 15.8. The molecule has 2 aliphatic carbocycles. The summed E-state index contributed by atoms with van der Waals surface area (Å²) < 4.78 is 25.6. The minimum atomic E-state index is -3.25. The summed E-state index contributed by atoms with van der Waals surface area (Å²) in [5.74, 6) is -0.674. The molecule has 2 aliphatic heterocycles. The van der Waals surface area contributed by atoms with Gasteiger partial charge in [0.05, 0.1) is 24.8 Å². The Morgan fingerprint density at radius 1 is 1.02 bits per heavy atom. The summed E-state index contributed by atoms with van der Waals surface area (Å²) in [7, 11) is -1.20. The van der Waals surface area contributed by atoms with Gasteiger partial charge in [-0.2, -0.15) is 0 Å². The lowest BCUT2D eigenvalue weighted by Gasteiger charge is -2.43. The lowest BCUT2D eigenvalue weighted by Crippen LogP contribution is -2.61. The second-order valence-corrected chi connectivity index (χ2v) is 17.0. The molecule has 3 N–H and O–H groups in total. The lowest BCUT2D eigenvalue weighted by molar-refractivity contribution is -0.142. The van der Waals surface area contributed by atoms with Gasteiger partial charge in [-0.25, -0.2) is 17.9 Å². The quantitative estimate of drug-likeness (QED) is 0.274. The Balaban J connectivity index is 1.25. The molecule has 3 heterocycles. The summed E-state index contributed by atoms with van der Waals surface area (Å²) in [4.78, 5) is 48.5. The van der Waals surface area contributed by atoms with E-state index in [-0.39, 0.29) is 36.5 Å². The van der Waals surface area contributed by atoms with E-state index in [1.165, 1.54) is 19.3 Å². The number of amides is 4. The fraction of sp³-hybridized carbons (Fsp3) is 0.788. The van der Waals surface area contributed by atoms with Gasteiger partial charge in [0.1, 0.15) is 0 Å². The molecule has 3 atom stereocenters. The van der Waals surface area contributed by atoms with Gasteiger partial charge in [-0.3, -0.25) is 14.5 Å². The van der Waals surface area contributed by atoms with E-state index in [2.05, 4.69) is 27.3 Å². The van der Waals surface area contributed by atoms with Crippen molar-refractivity contribution in [1.29, 1.82) is 0 Å². The Morgan fingerprint density at radius 3 is 2.41 bits per heavy atom. The molecule has 11 nitrogen and oxygen atoms in total. The number of urea groups is 1.